The molecule has 0 saturated carbocycles. The third-order valence-corrected chi connectivity index (χ3v) is 6.28. The van der Waals surface area contributed by atoms with Crippen LogP contribution in [0.2, 0.25) is 5.02 Å². The Morgan fingerprint density at radius 2 is 1.29 bits per heavy atom. The summed E-state index contributed by atoms with van der Waals surface area (Å²) >= 11 is 9.70. The average molecular weight is 327 g/mol. The van der Waals surface area contributed by atoms with Crippen molar-refractivity contribution in [3.63, 3.8) is 0 Å². The Morgan fingerprint density at radius 3 is 2.05 bits per heavy atom. The van der Waals surface area contributed by atoms with Crippen LogP contribution in [0.4, 0.5) is 0 Å². The van der Waals surface area contributed by atoms with Crippen molar-refractivity contribution in [1.29, 1.82) is 0 Å². The van der Waals surface area contributed by atoms with Gasteiger partial charge in [-0.25, -0.2) is 0 Å². The molecule has 3 aromatic rings. The van der Waals surface area contributed by atoms with E-state index in [0.29, 0.717) is 0 Å². The quantitative estimate of drug-likeness (QED) is 0.385. The molecule has 0 nitrogen and oxygen atoms in total. The van der Waals surface area contributed by atoms with Crippen molar-refractivity contribution < 1.29 is 0 Å². The van der Waals surface area contributed by atoms with E-state index in [-0.39, 0.29) is 0 Å². The van der Waals surface area contributed by atoms with Crippen molar-refractivity contribution in [2.24, 2.45) is 0 Å². The number of rotatable bonds is 1. The number of halogens is 1. The summed E-state index contributed by atoms with van der Waals surface area (Å²) in [4.78, 5) is 5.33. The molecule has 3 heteroatoms. The second-order valence-corrected chi connectivity index (χ2v) is 7.36. The lowest BCUT2D eigenvalue weighted by Gasteiger charge is -2.21. The van der Waals surface area contributed by atoms with Gasteiger partial charge in [0.25, 0.3) is 0 Å². The summed E-state index contributed by atoms with van der Waals surface area (Å²) in [5.74, 6) is 0. The topological polar surface area (TPSA) is 0 Å². The molecule has 4 rings (SSSR count). The normalized spacial score (nSPS) is 12.6. The molecule has 0 bridgehead atoms. The van der Waals surface area contributed by atoms with Crippen LogP contribution in [0.5, 0.6) is 0 Å². The van der Waals surface area contributed by atoms with Gasteiger partial charge in [-0.15, -0.1) is 0 Å². The fourth-order valence-corrected chi connectivity index (χ4v) is 4.93. The number of fused-ring (bicyclic) bond motifs is 2. The van der Waals surface area contributed by atoms with Crippen LogP contribution in [-0.2, 0) is 0 Å². The molecular weight excluding hydrogens is 316 g/mol. The monoisotopic (exact) mass is 326 g/mol. The molecular formula is C18H11ClS2. The van der Waals surface area contributed by atoms with Gasteiger partial charge in [-0.2, -0.15) is 0 Å². The molecule has 1 heterocycles. The van der Waals surface area contributed by atoms with E-state index in [2.05, 4.69) is 54.6 Å². The molecule has 0 spiro atoms. The number of benzene rings is 3. The van der Waals surface area contributed by atoms with Gasteiger partial charge in [-0.05, 0) is 41.5 Å². The third kappa shape index (κ3) is 2.48. The van der Waals surface area contributed by atoms with E-state index in [1.165, 1.54) is 30.7 Å². The Morgan fingerprint density at radius 1 is 0.619 bits per heavy atom. The lowest BCUT2D eigenvalue weighted by molar-refractivity contribution is 1.16. The highest BCUT2D eigenvalue weighted by atomic mass is 35.5. The molecule has 1 aliphatic heterocycles. The second-order valence-electron chi connectivity index (χ2n) is 4.79. The van der Waals surface area contributed by atoms with Crippen LogP contribution in [0.25, 0.3) is 11.1 Å². The maximum Gasteiger partial charge on any atom is 0.0406 e. The van der Waals surface area contributed by atoms with Crippen LogP contribution >= 0.6 is 35.1 Å². The van der Waals surface area contributed by atoms with E-state index >= 15 is 0 Å². The highest BCUT2D eigenvalue weighted by molar-refractivity contribution is 8.05. The van der Waals surface area contributed by atoms with Gasteiger partial charge in [0.05, 0.1) is 0 Å². The predicted octanol–water partition coefficient (Wildman–Crippen LogP) is 6.62. The first-order valence-electron chi connectivity index (χ1n) is 6.65. The lowest BCUT2D eigenvalue weighted by Crippen LogP contribution is -1.92. The van der Waals surface area contributed by atoms with Crippen molar-refractivity contribution in [1.82, 2.24) is 0 Å². The van der Waals surface area contributed by atoms with Crippen LogP contribution in [-0.4, -0.2) is 0 Å². The summed E-state index contributed by atoms with van der Waals surface area (Å²) < 4.78 is 0. The van der Waals surface area contributed by atoms with Gasteiger partial charge in [-0.1, -0.05) is 71.5 Å². The summed E-state index contributed by atoms with van der Waals surface area (Å²) in [6.07, 6.45) is 0. The van der Waals surface area contributed by atoms with Gasteiger partial charge >= 0.3 is 0 Å². The molecule has 102 valence electrons. The molecule has 0 N–H and O–H groups in total. The van der Waals surface area contributed by atoms with E-state index in [4.69, 9.17) is 11.6 Å². The molecule has 3 aromatic carbocycles. The zero-order valence-electron chi connectivity index (χ0n) is 11.0. The number of hydrogen-bond acceptors (Lipinski definition) is 2. The summed E-state index contributed by atoms with van der Waals surface area (Å²) in [5, 5.41) is 0.774. The van der Waals surface area contributed by atoms with E-state index in [9.17, 15) is 0 Å². The first-order valence-corrected chi connectivity index (χ1v) is 8.66. The average Bonchev–Trinajstić information content (AvgIpc) is 2.53. The largest absolute Gasteiger partial charge is 0.0877 e. The molecule has 0 aromatic heterocycles. The fraction of sp³-hybridized carbons (Fsp3) is 0. The molecule has 21 heavy (non-hydrogen) atoms. The van der Waals surface area contributed by atoms with Crippen LogP contribution in [0, 0.1) is 0 Å². The molecule has 0 fully saturated rings. The molecule has 0 saturated heterocycles. The third-order valence-electron chi connectivity index (χ3n) is 3.42. The minimum atomic E-state index is 0.774. The smallest absolute Gasteiger partial charge is 0.0406 e. The van der Waals surface area contributed by atoms with Crippen LogP contribution in [0.3, 0.4) is 0 Å². The predicted molar refractivity (Wildman–Crippen MR) is 91.6 cm³/mol. The van der Waals surface area contributed by atoms with Crippen molar-refractivity contribution in [3.8, 4) is 11.1 Å². The molecule has 0 amide bonds. The van der Waals surface area contributed by atoms with Gasteiger partial charge in [0, 0.05) is 24.6 Å². The van der Waals surface area contributed by atoms with Crippen LogP contribution in [0.1, 0.15) is 0 Å². The molecule has 0 aliphatic carbocycles. The van der Waals surface area contributed by atoms with E-state index in [1.807, 2.05) is 35.7 Å². The SMILES string of the molecule is Clc1ccc(-c2cccc3c2Sc2ccccc2S3)cc1. The Kier molecular flexibility index (Phi) is 3.46. The summed E-state index contributed by atoms with van der Waals surface area (Å²) in [6.45, 7) is 0. The van der Waals surface area contributed by atoms with Crippen LogP contribution < -0.4 is 0 Å². The van der Waals surface area contributed by atoms with Crippen molar-refractivity contribution in [2.45, 2.75) is 19.6 Å². The standard InChI is InChI=1S/C18H11ClS2/c19-13-10-8-12(9-11-13)14-4-3-7-17-18(14)21-16-6-2-1-5-15(16)20-17/h1-11H. The maximum atomic E-state index is 6.00. The molecule has 0 radical (unpaired) electrons. The number of hydrogen-bond donors (Lipinski definition) is 0. The fourth-order valence-electron chi connectivity index (χ4n) is 2.41. The second kappa shape index (κ2) is 5.45. The van der Waals surface area contributed by atoms with Crippen molar-refractivity contribution >= 4 is 35.1 Å². The maximum absolute atomic E-state index is 6.00. The molecule has 1 aliphatic rings. The van der Waals surface area contributed by atoms with Crippen molar-refractivity contribution in [3.05, 3.63) is 71.8 Å². The Labute approximate surface area is 137 Å². The van der Waals surface area contributed by atoms with Gasteiger partial charge in [-0.3, -0.25) is 0 Å². The Balaban J connectivity index is 1.84. The van der Waals surface area contributed by atoms with Crippen LogP contribution in [0.15, 0.2) is 86.3 Å². The zero-order valence-corrected chi connectivity index (χ0v) is 13.4. The molecule has 0 atom stereocenters. The summed E-state index contributed by atoms with van der Waals surface area (Å²) in [6, 6.07) is 23.2. The molecule has 0 unspecified atom stereocenters. The highest BCUT2D eigenvalue weighted by Gasteiger charge is 2.19. The minimum absolute atomic E-state index is 0.774. The highest BCUT2D eigenvalue weighted by Crippen LogP contribution is 2.51. The van der Waals surface area contributed by atoms with E-state index in [0.717, 1.165) is 5.02 Å². The first-order chi connectivity index (χ1) is 10.3. The van der Waals surface area contributed by atoms with Gasteiger partial charge in [0.1, 0.15) is 0 Å². The first kappa shape index (κ1) is 13.3. The zero-order chi connectivity index (χ0) is 14.2. The summed E-state index contributed by atoms with van der Waals surface area (Å²) in [7, 11) is 0. The van der Waals surface area contributed by atoms with Crippen molar-refractivity contribution in [2.75, 3.05) is 0 Å². The Hall–Kier alpha value is -1.35. The van der Waals surface area contributed by atoms with Gasteiger partial charge in [0.2, 0.25) is 0 Å². The summed E-state index contributed by atoms with van der Waals surface area (Å²) in [5.41, 5.74) is 2.49. The van der Waals surface area contributed by atoms with E-state index in [1.54, 1.807) is 0 Å². The minimum Gasteiger partial charge on any atom is -0.0877 e. The van der Waals surface area contributed by atoms with Gasteiger partial charge < -0.3 is 0 Å². The van der Waals surface area contributed by atoms with Gasteiger partial charge in [0.15, 0.2) is 0 Å². The Bertz CT molecular complexity index is 810. The lowest BCUT2D eigenvalue weighted by atomic mass is 10.1. The van der Waals surface area contributed by atoms with E-state index < -0.39 is 0 Å².